The molecule has 0 amide bonds. The molecule has 0 saturated heterocycles. The third kappa shape index (κ3) is 4.12. The summed E-state index contributed by atoms with van der Waals surface area (Å²) in [6, 6.07) is 7.06. The Labute approximate surface area is 133 Å². The molecular formula is C14H14Br2FNS. The van der Waals surface area contributed by atoms with Gasteiger partial charge in [0.2, 0.25) is 0 Å². The van der Waals surface area contributed by atoms with Crippen LogP contribution in [0.25, 0.3) is 0 Å². The predicted octanol–water partition coefficient (Wildman–Crippen LogP) is 5.31. The van der Waals surface area contributed by atoms with Crippen molar-refractivity contribution in [3.63, 3.8) is 0 Å². The highest BCUT2D eigenvalue weighted by atomic mass is 79.9. The van der Waals surface area contributed by atoms with E-state index in [9.17, 15) is 4.39 Å². The van der Waals surface area contributed by atoms with Crippen LogP contribution in [-0.4, -0.2) is 6.54 Å². The van der Waals surface area contributed by atoms with E-state index in [1.807, 2.05) is 0 Å². The Morgan fingerprint density at radius 1 is 1.32 bits per heavy atom. The number of rotatable bonds is 5. The normalized spacial score (nSPS) is 12.6. The van der Waals surface area contributed by atoms with E-state index in [0.29, 0.717) is 0 Å². The molecule has 1 aromatic carbocycles. The van der Waals surface area contributed by atoms with Crippen LogP contribution in [0.15, 0.2) is 38.6 Å². The summed E-state index contributed by atoms with van der Waals surface area (Å²) < 4.78 is 15.5. The van der Waals surface area contributed by atoms with Crippen LogP contribution in [0.2, 0.25) is 0 Å². The standard InChI is InChI=1S/C14H14Br2FNS/c1-2-18-14(7-11-5-9(15)8-19-11)12-6-10(17)3-4-13(12)16/h3-6,8,14,18H,2,7H2,1H3. The van der Waals surface area contributed by atoms with Crippen LogP contribution in [0.4, 0.5) is 4.39 Å². The molecule has 2 rings (SSSR count). The van der Waals surface area contributed by atoms with E-state index in [2.05, 4.69) is 55.5 Å². The molecule has 5 heteroatoms. The van der Waals surface area contributed by atoms with Crippen molar-refractivity contribution < 1.29 is 4.39 Å². The number of hydrogen-bond donors (Lipinski definition) is 1. The van der Waals surface area contributed by atoms with Gasteiger partial charge in [0.15, 0.2) is 0 Å². The Balaban J connectivity index is 2.26. The second-order valence-electron chi connectivity index (χ2n) is 4.21. The number of hydrogen-bond acceptors (Lipinski definition) is 2. The lowest BCUT2D eigenvalue weighted by Gasteiger charge is -2.19. The van der Waals surface area contributed by atoms with E-state index in [-0.39, 0.29) is 11.9 Å². The molecule has 0 saturated carbocycles. The number of halogens is 3. The van der Waals surface area contributed by atoms with Crippen LogP contribution >= 0.6 is 43.2 Å². The van der Waals surface area contributed by atoms with Crippen LogP contribution in [0.3, 0.4) is 0 Å². The maximum Gasteiger partial charge on any atom is 0.123 e. The van der Waals surface area contributed by atoms with Crippen molar-refractivity contribution >= 4 is 43.2 Å². The lowest BCUT2D eigenvalue weighted by atomic mass is 10.0. The first kappa shape index (κ1) is 15.2. The van der Waals surface area contributed by atoms with Gasteiger partial charge in [0.1, 0.15) is 5.82 Å². The Bertz CT molecular complexity index is 556. The van der Waals surface area contributed by atoms with E-state index in [1.54, 1.807) is 23.5 Å². The van der Waals surface area contributed by atoms with Crippen molar-refractivity contribution in [2.45, 2.75) is 19.4 Å². The Morgan fingerprint density at radius 2 is 2.11 bits per heavy atom. The van der Waals surface area contributed by atoms with Gasteiger partial charge in [-0.2, -0.15) is 0 Å². The summed E-state index contributed by atoms with van der Waals surface area (Å²) in [5.74, 6) is -0.200. The van der Waals surface area contributed by atoms with Gasteiger partial charge in [-0.25, -0.2) is 4.39 Å². The van der Waals surface area contributed by atoms with Gasteiger partial charge in [-0.15, -0.1) is 11.3 Å². The van der Waals surface area contributed by atoms with E-state index < -0.39 is 0 Å². The molecule has 2 aromatic rings. The quantitative estimate of drug-likeness (QED) is 0.709. The molecule has 19 heavy (non-hydrogen) atoms. The third-order valence-electron chi connectivity index (χ3n) is 2.81. The number of benzene rings is 1. The molecule has 0 aliphatic rings. The van der Waals surface area contributed by atoms with E-state index in [1.165, 1.54) is 10.9 Å². The minimum absolute atomic E-state index is 0.112. The predicted molar refractivity (Wildman–Crippen MR) is 86.2 cm³/mol. The Kier molecular flexibility index (Phi) is 5.57. The minimum Gasteiger partial charge on any atom is -0.310 e. The summed E-state index contributed by atoms with van der Waals surface area (Å²) in [7, 11) is 0. The Hall–Kier alpha value is -0.230. The molecule has 0 bridgehead atoms. The molecule has 1 aromatic heterocycles. The van der Waals surface area contributed by atoms with Crippen LogP contribution in [-0.2, 0) is 6.42 Å². The largest absolute Gasteiger partial charge is 0.310 e. The summed E-state index contributed by atoms with van der Waals surface area (Å²) in [5, 5.41) is 5.49. The van der Waals surface area contributed by atoms with E-state index >= 15 is 0 Å². The summed E-state index contributed by atoms with van der Waals surface area (Å²) >= 11 is 8.68. The SMILES string of the molecule is CCNC(Cc1cc(Br)cs1)c1cc(F)ccc1Br. The summed E-state index contributed by atoms with van der Waals surface area (Å²) in [4.78, 5) is 1.27. The molecule has 0 aliphatic carbocycles. The zero-order chi connectivity index (χ0) is 13.8. The fraction of sp³-hybridized carbons (Fsp3) is 0.286. The van der Waals surface area contributed by atoms with Crippen LogP contribution in [0.5, 0.6) is 0 Å². The highest BCUT2D eigenvalue weighted by molar-refractivity contribution is 9.10. The fourth-order valence-electron chi connectivity index (χ4n) is 1.98. The monoisotopic (exact) mass is 405 g/mol. The maximum absolute atomic E-state index is 13.4. The van der Waals surface area contributed by atoms with Crippen molar-refractivity contribution in [2.75, 3.05) is 6.54 Å². The molecule has 1 unspecified atom stereocenters. The number of likely N-dealkylation sites (N-methyl/N-ethyl adjacent to an activating group) is 1. The third-order valence-corrected chi connectivity index (χ3v) is 5.25. The lowest BCUT2D eigenvalue weighted by molar-refractivity contribution is 0.544. The fourth-order valence-corrected chi connectivity index (χ4v) is 4.00. The molecule has 0 radical (unpaired) electrons. The molecule has 0 fully saturated rings. The molecule has 102 valence electrons. The summed E-state index contributed by atoms with van der Waals surface area (Å²) in [5.41, 5.74) is 0.964. The van der Waals surface area contributed by atoms with Gasteiger partial charge < -0.3 is 5.32 Å². The number of thiophene rings is 1. The van der Waals surface area contributed by atoms with Crippen molar-refractivity contribution in [1.82, 2.24) is 5.32 Å². The lowest BCUT2D eigenvalue weighted by Crippen LogP contribution is -2.23. The average molecular weight is 407 g/mol. The van der Waals surface area contributed by atoms with Crippen molar-refractivity contribution in [3.05, 3.63) is 54.8 Å². The average Bonchev–Trinajstić information content (AvgIpc) is 2.77. The first-order chi connectivity index (χ1) is 9.10. The van der Waals surface area contributed by atoms with Crippen molar-refractivity contribution in [2.24, 2.45) is 0 Å². The first-order valence-corrected chi connectivity index (χ1v) is 8.48. The maximum atomic E-state index is 13.4. The highest BCUT2D eigenvalue weighted by Crippen LogP contribution is 2.30. The smallest absolute Gasteiger partial charge is 0.123 e. The van der Waals surface area contributed by atoms with Crippen molar-refractivity contribution in [1.29, 1.82) is 0 Å². The van der Waals surface area contributed by atoms with Crippen LogP contribution < -0.4 is 5.32 Å². The first-order valence-electron chi connectivity index (χ1n) is 6.01. The van der Waals surface area contributed by atoms with E-state index in [0.717, 1.165) is 27.5 Å². The second-order valence-corrected chi connectivity index (χ2v) is 6.98. The molecule has 0 spiro atoms. The van der Waals surface area contributed by atoms with Gasteiger partial charge in [-0.05, 0) is 52.3 Å². The van der Waals surface area contributed by atoms with Crippen LogP contribution in [0, 0.1) is 5.82 Å². The van der Waals surface area contributed by atoms with E-state index in [4.69, 9.17) is 0 Å². The molecule has 1 nitrogen and oxygen atoms in total. The molecule has 1 N–H and O–H groups in total. The molecule has 0 aliphatic heterocycles. The van der Waals surface area contributed by atoms with Gasteiger partial charge in [0.05, 0.1) is 0 Å². The second kappa shape index (κ2) is 6.97. The van der Waals surface area contributed by atoms with Gasteiger partial charge in [-0.3, -0.25) is 0 Å². The number of nitrogens with one attached hydrogen (secondary N) is 1. The zero-order valence-corrected chi connectivity index (χ0v) is 14.4. The minimum atomic E-state index is -0.200. The topological polar surface area (TPSA) is 12.0 Å². The van der Waals surface area contributed by atoms with Gasteiger partial charge in [0, 0.05) is 31.7 Å². The van der Waals surface area contributed by atoms with Gasteiger partial charge >= 0.3 is 0 Å². The van der Waals surface area contributed by atoms with Gasteiger partial charge in [-0.1, -0.05) is 22.9 Å². The van der Waals surface area contributed by atoms with Gasteiger partial charge in [0.25, 0.3) is 0 Å². The molecule has 1 atom stereocenters. The van der Waals surface area contributed by atoms with Crippen molar-refractivity contribution in [3.8, 4) is 0 Å². The zero-order valence-electron chi connectivity index (χ0n) is 10.4. The molecular weight excluding hydrogens is 393 g/mol. The Morgan fingerprint density at radius 3 is 2.74 bits per heavy atom. The highest BCUT2D eigenvalue weighted by Gasteiger charge is 2.16. The summed E-state index contributed by atoms with van der Waals surface area (Å²) in [6.07, 6.45) is 0.853. The van der Waals surface area contributed by atoms with Crippen LogP contribution in [0.1, 0.15) is 23.4 Å². The molecule has 1 heterocycles. The summed E-state index contributed by atoms with van der Waals surface area (Å²) in [6.45, 7) is 2.91.